The molecule has 2 bridgehead atoms. The Labute approximate surface area is 227 Å². The van der Waals surface area contributed by atoms with Gasteiger partial charge in [0.25, 0.3) is 11.8 Å². The third kappa shape index (κ3) is 5.70. The molecule has 3 heterocycles. The lowest BCUT2D eigenvalue weighted by molar-refractivity contribution is -0.122. The average molecular weight is 557 g/mol. The number of carbonyl (C=O) groups is 3. The molecule has 5 rings (SSSR count). The van der Waals surface area contributed by atoms with Gasteiger partial charge in [0.2, 0.25) is 5.91 Å². The second-order valence-corrected chi connectivity index (χ2v) is 10.1. The minimum atomic E-state index is -1.15. The SMILES string of the molecule is COc1ccc2cc1OCCCN(C(=O)c1ccc(F)c(F)c1)CC(=O)N[C@H]1CN(C(=O)c3cscn3)C[C@H]21. The highest BCUT2D eigenvalue weighted by Crippen LogP contribution is 2.35. The molecule has 9 nitrogen and oxygen atoms in total. The molecule has 2 aromatic carbocycles. The number of fused-ring (bicyclic) bond motifs is 4. The van der Waals surface area contributed by atoms with Gasteiger partial charge in [-0.15, -0.1) is 11.3 Å². The summed E-state index contributed by atoms with van der Waals surface area (Å²) < 4.78 is 38.7. The molecule has 204 valence electrons. The Hall–Kier alpha value is -4.06. The van der Waals surface area contributed by atoms with Gasteiger partial charge in [0.15, 0.2) is 23.1 Å². The number of rotatable bonds is 3. The van der Waals surface area contributed by atoms with E-state index in [-0.39, 0.29) is 43.6 Å². The maximum Gasteiger partial charge on any atom is 0.273 e. The number of nitrogens with zero attached hydrogens (tertiary/aromatic N) is 3. The fourth-order valence-corrected chi connectivity index (χ4v) is 5.42. The summed E-state index contributed by atoms with van der Waals surface area (Å²) in [6.45, 7) is 0.625. The third-order valence-electron chi connectivity index (χ3n) is 6.84. The number of likely N-dealkylation sites (tertiary alicyclic amines) is 1. The molecule has 1 N–H and O–H groups in total. The Morgan fingerprint density at radius 1 is 1.10 bits per heavy atom. The Balaban J connectivity index is 1.44. The highest BCUT2D eigenvalue weighted by atomic mass is 32.1. The summed E-state index contributed by atoms with van der Waals surface area (Å²) in [4.78, 5) is 46.5. The highest BCUT2D eigenvalue weighted by Gasteiger charge is 2.38. The van der Waals surface area contributed by atoms with E-state index in [2.05, 4.69) is 10.3 Å². The van der Waals surface area contributed by atoms with Crippen LogP contribution >= 0.6 is 11.3 Å². The zero-order valence-corrected chi connectivity index (χ0v) is 21.9. The van der Waals surface area contributed by atoms with E-state index in [1.807, 2.05) is 12.1 Å². The van der Waals surface area contributed by atoms with Gasteiger partial charge in [-0.05, 0) is 42.3 Å². The molecule has 1 saturated heterocycles. The number of aromatic nitrogens is 1. The van der Waals surface area contributed by atoms with Crippen LogP contribution in [0.5, 0.6) is 11.5 Å². The zero-order valence-electron chi connectivity index (χ0n) is 21.1. The van der Waals surface area contributed by atoms with Crippen molar-refractivity contribution < 1.29 is 32.6 Å². The van der Waals surface area contributed by atoms with E-state index >= 15 is 0 Å². The molecule has 2 atom stereocenters. The first-order valence-corrected chi connectivity index (χ1v) is 13.3. The molecule has 0 aliphatic carbocycles. The van der Waals surface area contributed by atoms with Crippen molar-refractivity contribution in [3.63, 3.8) is 0 Å². The number of thiazole rings is 1. The molecule has 3 aromatic rings. The number of hydrogen-bond donors (Lipinski definition) is 1. The molecule has 0 saturated carbocycles. The molecule has 0 unspecified atom stereocenters. The predicted octanol–water partition coefficient (Wildman–Crippen LogP) is 3.08. The summed E-state index contributed by atoms with van der Waals surface area (Å²) >= 11 is 1.32. The minimum absolute atomic E-state index is 0.0703. The number of halogens is 2. The molecule has 1 aromatic heterocycles. The number of methoxy groups -OCH3 is 1. The topological polar surface area (TPSA) is 101 Å². The van der Waals surface area contributed by atoms with Crippen LogP contribution in [0.4, 0.5) is 8.78 Å². The summed E-state index contributed by atoms with van der Waals surface area (Å²) in [5, 5.41) is 4.67. The number of ether oxygens (including phenoxy) is 2. The molecule has 39 heavy (non-hydrogen) atoms. The van der Waals surface area contributed by atoms with Crippen LogP contribution in [0.25, 0.3) is 0 Å². The van der Waals surface area contributed by atoms with Gasteiger partial charge in [0.1, 0.15) is 5.69 Å². The van der Waals surface area contributed by atoms with E-state index in [4.69, 9.17) is 9.47 Å². The van der Waals surface area contributed by atoms with E-state index in [1.165, 1.54) is 29.4 Å². The van der Waals surface area contributed by atoms with E-state index < -0.39 is 29.5 Å². The fraction of sp³-hybridized carbons (Fsp3) is 0.333. The lowest BCUT2D eigenvalue weighted by atomic mass is 9.94. The molecule has 1 fully saturated rings. The number of amides is 3. The van der Waals surface area contributed by atoms with Crippen molar-refractivity contribution in [2.75, 3.05) is 39.9 Å². The first-order chi connectivity index (χ1) is 18.8. The van der Waals surface area contributed by atoms with Crippen molar-refractivity contribution in [2.45, 2.75) is 18.4 Å². The van der Waals surface area contributed by atoms with Gasteiger partial charge in [-0.25, -0.2) is 13.8 Å². The van der Waals surface area contributed by atoms with Gasteiger partial charge in [-0.3, -0.25) is 14.4 Å². The van der Waals surface area contributed by atoms with Crippen molar-refractivity contribution in [3.05, 3.63) is 75.7 Å². The Kier molecular flexibility index (Phi) is 7.73. The molecule has 3 amide bonds. The van der Waals surface area contributed by atoms with Crippen molar-refractivity contribution in [1.82, 2.24) is 20.1 Å². The van der Waals surface area contributed by atoms with Crippen LogP contribution < -0.4 is 14.8 Å². The van der Waals surface area contributed by atoms with Crippen LogP contribution in [0.15, 0.2) is 47.3 Å². The standard InChI is InChI=1S/C27H26F2N4O5S/c1-37-23-6-4-16-10-24(23)38-8-2-7-32(26(35)17-3-5-19(28)20(29)9-17)13-25(34)31-21-12-33(11-18(16)21)27(36)22-14-39-15-30-22/h3-6,9-10,14-15,18,21H,2,7-8,11-13H2,1H3,(H,31,34)/t18-,21+/m1/s1. The van der Waals surface area contributed by atoms with Crippen LogP contribution in [0, 0.1) is 11.6 Å². The summed E-state index contributed by atoms with van der Waals surface area (Å²) in [6, 6.07) is 7.93. The van der Waals surface area contributed by atoms with E-state index in [9.17, 15) is 23.2 Å². The Morgan fingerprint density at radius 2 is 1.95 bits per heavy atom. The number of carbonyl (C=O) groups excluding carboxylic acids is 3. The third-order valence-corrected chi connectivity index (χ3v) is 7.43. The van der Waals surface area contributed by atoms with Crippen LogP contribution in [0.1, 0.15) is 38.7 Å². The van der Waals surface area contributed by atoms with Crippen molar-refractivity contribution in [3.8, 4) is 11.5 Å². The van der Waals surface area contributed by atoms with Crippen molar-refractivity contribution in [1.29, 1.82) is 0 Å². The lowest BCUT2D eigenvalue weighted by Gasteiger charge is -2.24. The van der Waals surface area contributed by atoms with Gasteiger partial charge in [-0.2, -0.15) is 0 Å². The van der Waals surface area contributed by atoms with Gasteiger partial charge in [0.05, 0.1) is 31.8 Å². The summed E-state index contributed by atoms with van der Waals surface area (Å²) in [6.07, 6.45) is 0.374. The second kappa shape index (κ2) is 11.4. The van der Waals surface area contributed by atoms with Crippen molar-refractivity contribution in [2.24, 2.45) is 0 Å². The first-order valence-electron chi connectivity index (χ1n) is 12.4. The Morgan fingerprint density at radius 3 is 2.69 bits per heavy atom. The molecule has 0 spiro atoms. The molecule has 0 radical (unpaired) electrons. The maximum absolute atomic E-state index is 13.8. The van der Waals surface area contributed by atoms with E-state index in [0.29, 0.717) is 30.2 Å². The summed E-state index contributed by atoms with van der Waals surface area (Å²) in [5.41, 5.74) is 2.71. The number of benzene rings is 2. The maximum atomic E-state index is 13.8. The molecular weight excluding hydrogens is 530 g/mol. The molecule has 2 aliphatic rings. The van der Waals surface area contributed by atoms with Gasteiger partial charge >= 0.3 is 0 Å². The number of hydrogen-bond acceptors (Lipinski definition) is 7. The highest BCUT2D eigenvalue weighted by molar-refractivity contribution is 7.07. The van der Waals surface area contributed by atoms with Crippen LogP contribution in [-0.2, 0) is 4.79 Å². The monoisotopic (exact) mass is 556 g/mol. The van der Waals surface area contributed by atoms with Crippen LogP contribution in [0.3, 0.4) is 0 Å². The summed E-state index contributed by atoms with van der Waals surface area (Å²) in [5.74, 6) is -2.73. The number of nitrogens with one attached hydrogen (secondary N) is 1. The molecule has 12 heteroatoms. The Bertz CT molecular complexity index is 1390. The van der Waals surface area contributed by atoms with Gasteiger partial charge in [-0.1, -0.05) is 6.07 Å². The van der Waals surface area contributed by atoms with E-state index in [1.54, 1.807) is 21.9 Å². The van der Waals surface area contributed by atoms with Crippen LogP contribution in [-0.4, -0.2) is 78.4 Å². The lowest BCUT2D eigenvalue weighted by Crippen LogP contribution is -2.47. The minimum Gasteiger partial charge on any atom is -0.493 e. The van der Waals surface area contributed by atoms with Gasteiger partial charge in [0, 0.05) is 36.5 Å². The summed E-state index contributed by atoms with van der Waals surface area (Å²) in [7, 11) is 1.53. The van der Waals surface area contributed by atoms with E-state index in [0.717, 1.165) is 17.7 Å². The normalized spacial score (nSPS) is 19.6. The molecular formula is C27H26F2N4O5S. The smallest absolute Gasteiger partial charge is 0.273 e. The van der Waals surface area contributed by atoms with Crippen molar-refractivity contribution >= 4 is 29.1 Å². The fourth-order valence-electron chi connectivity index (χ4n) is 4.90. The predicted molar refractivity (Wildman–Crippen MR) is 138 cm³/mol. The quantitative estimate of drug-likeness (QED) is 0.532. The average Bonchev–Trinajstić information content (AvgIpc) is 3.61. The zero-order chi connectivity index (χ0) is 27.5. The van der Waals surface area contributed by atoms with Crippen LogP contribution in [0.2, 0.25) is 0 Å². The van der Waals surface area contributed by atoms with Gasteiger partial charge < -0.3 is 24.6 Å². The first kappa shape index (κ1) is 26.5. The largest absolute Gasteiger partial charge is 0.493 e. The molecule has 2 aliphatic heterocycles. The second-order valence-electron chi connectivity index (χ2n) is 9.33.